The quantitative estimate of drug-likeness (QED) is 0.374. The van der Waals surface area contributed by atoms with Gasteiger partial charge in [0.1, 0.15) is 0 Å². The van der Waals surface area contributed by atoms with Crippen molar-refractivity contribution < 1.29 is 5.11 Å². The van der Waals surface area contributed by atoms with Crippen molar-refractivity contribution in [3.05, 3.63) is 0 Å². The lowest BCUT2D eigenvalue weighted by molar-refractivity contribution is 0.392. The third-order valence-corrected chi connectivity index (χ3v) is 0.239. The van der Waals surface area contributed by atoms with E-state index in [1.165, 1.54) is 6.11 Å². The van der Waals surface area contributed by atoms with Crippen molar-refractivity contribution in [2.75, 3.05) is 0 Å². The molecule has 0 saturated heterocycles. The molecule has 0 aromatic carbocycles. The highest BCUT2D eigenvalue weighted by Gasteiger charge is 1.46. The van der Waals surface area contributed by atoms with Crippen LogP contribution in [0.5, 0.6) is 0 Å². The summed E-state index contributed by atoms with van der Waals surface area (Å²) in [6.07, 6.45) is 1.40. The first-order valence-corrected chi connectivity index (χ1v) is 1.45. The summed E-state index contributed by atoms with van der Waals surface area (Å²) in [4.78, 5) is 0. The summed E-state index contributed by atoms with van der Waals surface area (Å²) >= 11 is 0. The Bertz CT molecular complexity index is 107. The van der Waals surface area contributed by atoms with Crippen molar-refractivity contribution in [3.8, 4) is 23.9 Å². The molecule has 0 aliphatic carbocycles. The maximum Gasteiger partial charge on any atom is 0.186 e. The van der Waals surface area contributed by atoms with Gasteiger partial charge in [-0.15, -0.1) is 0 Å². The minimum atomic E-state index is 1.40. The topological polar surface area (TPSA) is 19.9 Å². The van der Waals surface area contributed by atoms with Gasteiger partial charge in [0, 0.05) is 5.92 Å². The van der Waals surface area contributed by atoms with Gasteiger partial charge in [-0.25, -0.2) is 5.11 Å². The molecular formula is C5H3O. The van der Waals surface area contributed by atoms with Gasteiger partial charge >= 0.3 is 0 Å². The molecule has 0 aliphatic heterocycles. The van der Waals surface area contributed by atoms with E-state index in [-0.39, 0.29) is 0 Å². The summed E-state index contributed by atoms with van der Waals surface area (Å²) in [7, 11) is 0. The molecule has 0 atom stereocenters. The first kappa shape index (κ1) is 4.92. The second-order valence-electron chi connectivity index (χ2n) is 0.602. The average Bonchev–Trinajstić information content (AvgIpc) is 1.61. The van der Waals surface area contributed by atoms with E-state index in [0.29, 0.717) is 0 Å². The van der Waals surface area contributed by atoms with Gasteiger partial charge in [0.05, 0.1) is 0 Å². The van der Waals surface area contributed by atoms with Crippen molar-refractivity contribution in [2.24, 2.45) is 0 Å². The Balaban J connectivity index is 3.43. The van der Waals surface area contributed by atoms with E-state index in [4.69, 9.17) is 0 Å². The highest BCUT2D eigenvalue weighted by molar-refractivity contribution is 5.22. The molecule has 0 rings (SSSR count). The summed E-state index contributed by atoms with van der Waals surface area (Å²) in [6.45, 7) is 1.63. The Morgan fingerprint density at radius 1 is 1.33 bits per heavy atom. The molecule has 0 aliphatic rings. The van der Waals surface area contributed by atoms with E-state index in [1.54, 1.807) is 6.92 Å². The molecule has 1 heteroatoms. The first-order chi connectivity index (χ1) is 2.91. The van der Waals surface area contributed by atoms with Gasteiger partial charge in [-0.1, -0.05) is 5.92 Å². The van der Waals surface area contributed by atoms with Crippen LogP contribution in [0.3, 0.4) is 0 Å². The monoisotopic (exact) mass is 79.0 g/mol. The molecule has 0 amide bonds. The highest BCUT2D eigenvalue weighted by Crippen LogP contribution is 1.45. The average molecular weight is 79.1 g/mol. The van der Waals surface area contributed by atoms with Gasteiger partial charge in [0.25, 0.3) is 0 Å². The Labute approximate surface area is 37.0 Å². The lowest BCUT2D eigenvalue weighted by atomic mass is 10.6. The molecule has 1 radical (unpaired) electrons. The summed E-state index contributed by atoms with van der Waals surface area (Å²) in [5, 5.41) is 9.23. The van der Waals surface area contributed by atoms with Gasteiger partial charge in [-0.3, -0.25) is 0 Å². The van der Waals surface area contributed by atoms with Crippen LogP contribution in [-0.4, -0.2) is 0 Å². The van der Waals surface area contributed by atoms with Crippen molar-refractivity contribution in [2.45, 2.75) is 6.92 Å². The van der Waals surface area contributed by atoms with Gasteiger partial charge < -0.3 is 0 Å². The SMILES string of the molecule is CC#CC#C[O]. The minimum absolute atomic E-state index is 1.40. The predicted molar refractivity (Wildman–Crippen MR) is 21.9 cm³/mol. The van der Waals surface area contributed by atoms with E-state index in [1.807, 2.05) is 5.92 Å². The van der Waals surface area contributed by atoms with E-state index >= 15 is 0 Å². The Morgan fingerprint density at radius 2 is 2.00 bits per heavy atom. The zero-order valence-electron chi connectivity index (χ0n) is 3.41. The summed E-state index contributed by atoms with van der Waals surface area (Å²) in [5.41, 5.74) is 0. The van der Waals surface area contributed by atoms with Gasteiger partial charge in [0.2, 0.25) is 0 Å². The fourth-order valence-corrected chi connectivity index (χ4v) is 0.0880. The van der Waals surface area contributed by atoms with Crippen LogP contribution in [0.4, 0.5) is 0 Å². The van der Waals surface area contributed by atoms with Crippen LogP contribution in [0.1, 0.15) is 6.92 Å². The van der Waals surface area contributed by atoms with Gasteiger partial charge in [-0.2, -0.15) is 0 Å². The second kappa shape index (κ2) is 3.92. The first-order valence-electron chi connectivity index (χ1n) is 1.45. The lowest BCUT2D eigenvalue weighted by Gasteiger charge is -1.45. The zero-order valence-corrected chi connectivity index (χ0v) is 3.41. The Kier molecular flexibility index (Phi) is 3.21. The van der Waals surface area contributed by atoms with E-state index < -0.39 is 0 Å². The fourth-order valence-electron chi connectivity index (χ4n) is 0.0880. The molecule has 29 valence electrons. The molecular weight excluding hydrogens is 76.1 g/mol. The molecule has 0 unspecified atom stereocenters. The summed E-state index contributed by atoms with van der Waals surface area (Å²) in [5.74, 6) is 6.75. The van der Waals surface area contributed by atoms with E-state index in [0.717, 1.165) is 0 Å². The van der Waals surface area contributed by atoms with Crippen molar-refractivity contribution in [3.63, 3.8) is 0 Å². The van der Waals surface area contributed by atoms with Crippen molar-refractivity contribution >= 4 is 0 Å². The Hall–Kier alpha value is -1.08. The highest BCUT2D eigenvalue weighted by atomic mass is 16.2. The number of rotatable bonds is 0. The summed E-state index contributed by atoms with van der Waals surface area (Å²) < 4.78 is 0. The molecule has 0 aromatic rings. The molecule has 0 spiro atoms. The van der Waals surface area contributed by atoms with E-state index in [9.17, 15) is 5.11 Å². The Morgan fingerprint density at radius 3 is 2.17 bits per heavy atom. The maximum atomic E-state index is 9.23. The normalized spacial score (nSPS) is 3.50. The van der Waals surface area contributed by atoms with Crippen LogP contribution in [0, 0.1) is 23.9 Å². The van der Waals surface area contributed by atoms with Crippen LogP contribution in [0.2, 0.25) is 0 Å². The second-order valence-corrected chi connectivity index (χ2v) is 0.602. The van der Waals surface area contributed by atoms with Crippen LogP contribution in [-0.2, 0) is 5.11 Å². The van der Waals surface area contributed by atoms with Crippen LogP contribution < -0.4 is 0 Å². The van der Waals surface area contributed by atoms with Crippen LogP contribution in [0.15, 0.2) is 0 Å². The molecule has 0 saturated carbocycles. The lowest BCUT2D eigenvalue weighted by Crippen LogP contribution is -1.44. The third kappa shape index (κ3) is 2.92. The number of hydrogen-bond acceptors (Lipinski definition) is 0. The maximum absolute atomic E-state index is 9.23. The molecule has 1 nitrogen and oxygen atoms in total. The minimum Gasteiger partial charge on any atom is -0.223 e. The molecule has 0 heterocycles. The van der Waals surface area contributed by atoms with Crippen molar-refractivity contribution in [1.29, 1.82) is 0 Å². The third-order valence-electron chi connectivity index (χ3n) is 0.239. The van der Waals surface area contributed by atoms with Crippen LogP contribution >= 0.6 is 0 Å². The number of hydrogen-bond donors (Lipinski definition) is 0. The molecule has 0 N–H and O–H groups in total. The molecule has 0 bridgehead atoms. The smallest absolute Gasteiger partial charge is 0.186 e. The standard InChI is InChI=1S/C5H3O/c1-2-3-4-5-6/h1H3. The summed E-state index contributed by atoms with van der Waals surface area (Å²) in [6, 6.07) is 0. The van der Waals surface area contributed by atoms with Gasteiger partial charge in [0.15, 0.2) is 6.11 Å². The molecule has 6 heavy (non-hydrogen) atoms. The molecule has 0 fully saturated rings. The van der Waals surface area contributed by atoms with Crippen LogP contribution in [0.25, 0.3) is 0 Å². The largest absolute Gasteiger partial charge is 0.223 e. The molecule has 0 aromatic heterocycles. The van der Waals surface area contributed by atoms with E-state index in [2.05, 4.69) is 11.8 Å². The van der Waals surface area contributed by atoms with Crippen molar-refractivity contribution in [1.82, 2.24) is 0 Å². The zero-order chi connectivity index (χ0) is 4.83. The fraction of sp³-hybridized carbons (Fsp3) is 0.200. The van der Waals surface area contributed by atoms with Gasteiger partial charge in [-0.05, 0) is 12.8 Å². The predicted octanol–water partition coefficient (Wildman–Crippen LogP) is 0.401.